The molecule has 7 heteroatoms. The molecule has 4 aliphatic rings. The number of piperidine rings is 1. The van der Waals surface area contributed by atoms with Crippen LogP contribution in [0.1, 0.15) is 25.3 Å². The van der Waals surface area contributed by atoms with E-state index in [0.29, 0.717) is 12.0 Å². The molecule has 1 aromatic rings. The summed E-state index contributed by atoms with van der Waals surface area (Å²) in [5.41, 5.74) is 1.72. The molecule has 1 N–H and O–H groups in total. The summed E-state index contributed by atoms with van der Waals surface area (Å²) < 4.78 is 16.4. The number of esters is 1. The molecule has 0 unspecified atom stereocenters. The highest BCUT2D eigenvalue weighted by Crippen LogP contribution is 2.56. The fourth-order valence-electron chi connectivity index (χ4n) is 6.03. The Bertz CT molecular complexity index is 912. The molecule has 5 atom stereocenters. The first-order valence-electron chi connectivity index (χ1n) is 10.2. The highest BCUT2D eigenvalue weighted by molar-refractivity contribution is 6.08. The van der Waals surface area contributed by atoms with Crippen molar-refractivity contribution < 1.29 is 23.8 Å². The molecule has 0 aromatic heterocycles. The van der Waals surface area contributed by atoms with Crippen molar-refractivity contribution in [1.29, 1.82) is 0 Å². The highest BCUT2D eigenvalue weighted by atomic mass is 16.5. The van der Waals surface area contributed by atoms with Crippen molar-refractivity contribution in [3.8, 4) is 5.75 Å². The molecule has 1 aromatic carbocycles. The molecule has 4 aliphatic heterocycles. The van der Waals surface area contributed by atoms with Crippen LogP contribution in [-0.4, -0.2) is 56.2 Å². The lowest BCUT2D eigenvalue weighted by Crippen LogP contribution is -2.56. The monoisotopic (exact) mass is 398 g/mol. The van der Waals surface area contributed by atoms with E-state index in [9.17, 15) is 9.59 Å². The molecule has 2 fully saturated rings. The number of hydrogen-bond donors (Lipinski definition) is 1. The molecule has 29 heavy (non-hydrogen) atoms. The van der Waals surface area contributed by atoms with E-state index in [-0.39, 0.29) is 35.9 Å². The summed E-state index contributed by atoms with van der Waals surface area (Å²) in [6.07, 6.45) is 3.04. The van der Waals surface area contributed by atoms with Gasteiger partial charge in [-0.3, -0.25) is 9.69 Å². The van der Waals surface area contributed by atoms with Crippen LogP contribution in [0.5, 0.6) is 5.75 Å². The minimum Gasteiger partial charge on any atom is -0.497 e. The maximum absolute atomic E-state index is 13.4. The van der Waals surface area contributed by atoms with Crippen LogP contribution in [0.15, 0.2) is 30.0 Å². The third kappa shape index (κ3) is 2.40. The molecule has 5 rings (SSSR count). The van der Waals surface area contributed by atoms with Crippen molar-refractivity contribution in [2.45, 2.75) is 37.3 Å². The topological polar surface area (TPSA) is 77.1 Å². The minimum atomic E-state index is -0.657. The quantitative estimate of drug-likeness (QED) is 0.769. The van der Waals surface area contributed by atoms with E-state index in [0.717, 1.165) is 36.5 Å². The van der Waals surface area contributed by atoms with Crippen LogP contribution in [0.25, 0.3) is 0 Å². The average molecular weight is 398 g/mol. The molecule has 1 spiro atoms. The van der Waals surface area contributed by atoms with E-state index < -0.39 is 5.41 Å². The molecule has 1 amide bonds. The zero-order chi connectivity index (χ0) is 20.3. The van der Waals surface area contributed by atoms with Gasteiger partial charge in [-0.1, -0.05) is 6.07 Å². The van der Waals surface area contributed by atoms with Crippen LogP contribution in [0.3, 0.4) is 0 Å². The number of fused-ring (bicyclic) bond motifs is 5. The Balaban J connectivity index is 1.58. The summed E-state index contributed by atoms with van der Waals surface area (Å²) >= 11 is 0. The maximum Gasteiger partial charge on any atom is 0.337 e. The third-order valence-corrected chi connectivity index (χ3v) is 7.42. The van der Waals surface area contributed by atoms with Crippen LogP contribution in [0.4, 0.5) is 5.69 Å². The summed E-state index contributed by atoms with van der Waals surface area (Å²) in [5.74, 6) is 0.637. The number of carbonyl (C=O) groups excluding carboxylic acids is 2. The Morgan fingerprint density at radius 1 is 1.34 bits per heavy atom. The predicted molar refractivity (Wildman–Crippen MR) is 106 cm³/mol. The van der Waals surface area contributed by atoms with Crippen molar-refractivity contribution in [2.75, 3.05) is 32.6 Å². The number of hydrogen-bond acceptors (Lipinski definition) is 6. The number of nitrogens with one attached hydrogen (secondary N) is 1. The first-order chi connectivity index (χ1) is 14.0. The molecule has 0 radical (unpaired) electrons. The standard InChI is InChI=1S/C22H26N2O5/c1-12-14-10-24-8-7-22(18(24)9-13(14)15(11-29-12)20(25)28-3)19-16(23-21(22)26)5-4-6-17(19)27-2/h4-6,11-14,18H,7-10H2,1-3H3,(H,23,26)/t12-,13-,14-,18-,22+/m0/s1. The minimum absolute atomic E-state index is 0.000318. The second-order valence-corrected chi connectivity index (χ2v) is 8.48. The third-order valence-electron chi connectivity index (χ3n) is 7.42. The van der Waals surface area contributed by atoms with Gasteiger partial charge in [0.1, 0.15) is 5.75 Å². The fraction of sp³-hybridized carbons (Fsp3) is 0.545. The van der Waals surface area contributed by atoms with E-state index >= 15 is 0 Å². The fourth-order valence-corrected chi connectivity index (χ4v) is 6.03. The zero-order valence-corrected chi connectivity index (χ0v) is 16.9. The Morgan fingerprint density at radius 3 is 2.93 bits per heavy atom. The van der Waals surface area contributed by atoms with Crippen molar-refractivity contribution in [3.63, 3.8) is 0 Å². The average Bonchev–Trinajstić information content (AvgIpc) is 3.25. The Morgan fingerprint density at radius 2 is 2.17 bits per heavy atom. The number of methoxy groups -OCH3 is 2. The van der Waals surface area contributed by atoms with Gasteiger partial charge in [-0.25, -0.2) is 4.79 Å². The lowest BCUT2D eigenvalue weighted by molar-refractivity contribution is -0.139. The summed E-state index contributed by atoms with van der Waals surface area (Å²) in [4.78, 5) is 28.2. The molecule has 0 aliphatic carbocycles. The van der Waals surface area contributed by atoms with E-state index in [4.69, 9.17) is 14.2 Å². The number of benzene rings is 1. The molecule has 154 valence electrons. The normalized spacial score (nSPS) is 35.1. The summed E-state index contributed by atoms with van der Waals surface area (Å²) in [7, 11) is 3.04. The number of ether oxygens (including phenoxy) is 3. The van der Waals surface area contributed by atoms with Crippen molar-refractivity contribution in [2.24, 2.45) is 11.8 Å². The number of nitrogens with zero attached hydrogens (tertiary/aromatic N) is 1. The van der Waals surface area contributed by atoms with Gasteiger partial charge < -0.3 is 19.5 Å². The van der Waals surface area contributed by atoms with Gasteiger partial charge in [0.15, 0.2) is 0 Å². The Labute approximate surface area is 170 Å². The van der Waals surface area contributed by atoms with Crippen LogP contribution in [0, 0.1) is 11.8 Å². The van der Waals surface area contributed by atoms with Crippen molar-refractivity contribution in [3.05, 3.63) is 35.6 Å². The number of anilines is 1. The van der Waals surface area contributed by atoms with Gasteiger partial charge in [0.05, 0.1) is 37.6 Å². The first kappa shape index (κ1) is 18.5. The van der Waals surface area contributed by atoms with Gasteiger partial charge in [-0.2, -0.15) is 0 Å². The first-order valence-corrected chi connectivity index (χ1v) is 10.2. The molecular formula is C22H26N2O5. The zero-order valence-electron chi connectivity index (χ0n) is 16.9. The van der Waals surface area contributed by atoms with Crippen LogP contribution in [-0.2, 0) is 24.5 Å². The molecule has 0 saturated carbocycles. The molecule has 0 bridgehead atoms. The van der Waals surface area contributed by atoms with Crippen LogP contribution < -0.4 is 10.1 Å². The van der Waals surface area contributed by atoms with Gasteiger partial charge in [0, 0.05) is 35.7 Å². The van der Waals surface area contributed by atoms with E-state index in [1.165, 1.54) is 7.11 Å². The second-order valence-electron chi connectivity index (χ2n) is 8.48. The lowest BCUT2D eigenvalue weighted by Gasteiger charge is -2.48. The van der Waals surface area contributed by atoms with Gasteiger partial charge in [0.25, 0.3) is 0 Å². The largest absolute Gasteiger partial charge is 0.497 e. The molecule has 4 heterocycles. The smallest absolute Gasteiger partial charge is 0.337 e. The van der Waals surface area contributed by atoms with Gasteiger partial charge in [-0.05, 0) is 38.4 Å². The summed E-state index contributed by atoms with van der Waals surface area (Å²) in [6.45, 7) is 3.68. The number of amides is 1. The van der Waals surface area contributed by atoms with Crippen LogP contribution in [0.2, 0.25) is 0 Å². The van der Waals surface area contributed by atoms with Gasteiger partial charge in [-0.15, -0.1) is 0 Å². The Hall–Kier alpha value is -2.54. The summed E-state index contributed by atoms with van der Waals surface area (Å²) in [5, 5.41) is 3.09. The maximum atomic E-state index is 13.4. The Kier molecular flexibility index (Phi) is 4.13. The van der Waals surface area contributed by atoms with Gasteiger partial charge in [0.2, 0.25) is 5.91 Å². The lowest BCUT2D eigenvalue weighted by atomic mass is 9.66. The highest BCUT2D eigenvalue weighted by Gasteiger charge is 2.62. The summed E-state index contributed by atoms with van der Waals surface area (Å²) in [6, 6.07) is 5.76. The van der Waals surface area contributed by atoms with Gasteiger partial charge >= 0.3 is 5.97 Å². The van der Waals surface area contributed by atoms with Crippen LogP contribution >= 0.6 is 0 Å². The molecule has 2 saturated heterocycles. The van der Waals surface area contributed by atoms with E-state index in [2.05, 4.69) is 17.1 Å². The number of carbonyl (C=O) groups is 2. The van der Waals surface area contributed by atoms with Crippen molar-refractivity contribution in [1.82, 2.24) is 4.90 Å². The van der Waals surface area contributed by atoms with Crippen molar-refractivity contribution >= 4 is 17.6 Å². The van der Waals surface area contributed by atoms with E-state index in [1.807, 2.05) is 18.2 Å². The number of rotatable bonds is 2. The second kappa shape index (κ2) is 6.49. The SMILES string of the molecule is COC(=O)C1=CO[C@@H](C)[C@@H]2CN3CC[C@@]4(C(=O)Nc5cccc(OC)c54)[C@@H]3C[C@H]12. The predicted octanol–water partition coefficient (Wildman–Crippen LogP) is 2.07. The molecular weight excluding hydrogens is 372 g/mol. The molecule has 7 nitrogen and oxygen atoms in total. The van der Waals surface area contributed by atoms with E-state index in [1.54, 1.807) is 13.4 Å².